The molecule has 2 aliphatic heterocycles. The average Bonchev–Trinajstić information content (AvgIpc) is 2.64. The first kappa shape index (κ1) is 17.9. The molecule has 0 aromatic heterocycles. The molecule has 0 spiro atoms. The molecule has 1 aromatic carbocycles. The number of aryl methyl sites for hydroxylation is 1. The molecule has 3 rings (SSSR count). The van der Waals surface area contributed by atoms with Crippen molar-refractivity contribution in [2.24, 2.45) is 0 Å². The molecule has 0 radical (unpaired) electrons. The average molecular weight is 332 g/mol. The Kier molecular flexibility index (Phi) is 6.67. The Balaban J connectivity index is 1.41. The van der Waals surface area contributed by atoms with Gasteiger partial charge >= 0.3 is 0 Å². The highest BCUT2D eigenvalue weighted by atomic mass is 16.3. The maximum absolute atomic E-state index is 9.05. The fraction of sp³-hybridized carbons (Fsp3) is 0.700. The summed E-state index contributed by atoms with van der Waals surface area (Å²) < 4.78 is 0. The molecule has 2 fully saturated rings. The van der Waals surface area contributed by atoms with Crippen LogP contribution in [0.1, 0.15) is 30.9 Å². The fourth-order valence-electron chi connectivity index (χ4n) is 4.07. The van der Waals surface area contributed by atoms with Crippen molar-refractivity contribution >= 4 is 0 Å². The Labute approximate surface area is 147 Å². The predicted molar refractivity (Wildman–Crippen MR) is 99.2 cm³/mol. The van der Waals surface area contributed by atoms with Crippen LogP contribution in [0.2, 0.25) is 0 Å². The number of rotatable bonds is 6. The van der Waals surface area contributed by atoms with Crippen LogP contribution in [0.4, 0.5) is 0 Å². The Bertz CT molecular complexity index is 474. The highest BCUT2D eigenvalue weighted by Crippen LogP contribution is 2.20. The number of piperidine rings is 1. The van der Waals surface area contributed by atoms with E-state index in [0.29, 0.717) is 0 Å². The van der Waals surface area contributed by atoms with E-state index < -0.39 is 0 Å². The summed E-state index contributed by atoms with van der Waals surface area (Å²) in [5, 5.41) is 9.05. The van der Waals surface area contributed by atoms with Crippen LogP contribution in [-0.2, 0) is 13.0 Å². The van der Waals surface area contributed by atoms with E-state index in [4.69, 9.17) is 5.11 Å². The molecular weight excluding hydrogens is 298 g/mol. The van der Waals surface area contributed by atoms with Crippen LogP contribution < -0.4 is 0 Å². The second kappa shape index (κ2) is 8.95. The molecule has 0 atom stereocenters. The number of aliphatic hydroxyl groups excluding tert-OH is 1. The van der Waals surface area contributed by atoms with Crippen LogP contribution in [0.25, 0.3) is 0 Å². The lowest BCUT2D eigenvalue weighted by molar-refractivity contribution is 0.0516. The minimum absolute atomic E-state index is 0.289. The largest absolute Gasteiger partial charge is 0.395 e. The van der Waals surface area contributed by atoms with Crippen molar-refractivity contribution in [1.82, 2.24) is 14.7 Å². The van der Waals surface area contributed by atoms with Gasteiger partial charge in [0.1, 0.15) is 0 Å². The molecule has 4 heteroatoms. The minimum atomic E-state index is 0.289. The first-order chi connectivity index (χ1) is 11.8. The van der Waals surface area contributed by atoms with E-state index >= 15 is 0 Å². The molecule has 1 N–H and O–H groups in total. The number of benzene rings is 1. The lowest BCUT2D eigenvalue weighted by Gasteiger charge is -2.42. The van der Waals surface area contributed by atoms with Crippen molar-refractivity contribution in [2.75, 3.05) is 52.4 Å². The van der Waals surface area contributed by atoms with Crippen molar-refractivity contribution in [2.45, 2.75) is 38.8 Å². The summed E-state index contributed by atoms with van der Waals surface area (Å²) in [4.78, 5) is 7.67. The molecule has 2 heterocycles. The topological polar surface area (TPSA) is 30.0 Å². The quantitative estimate of drug-likeness (QED) is 0.861. The second-order valence-electron chi connectivity index (χ2n) is 7.28. The third kappa shape index (κ3) is 4.79. The van der Waals surface area contributed by atoms with E-state index in [1.165, 1.54) is 50.1 Å². The van der Waals surface area contributed by atoms with Crippen LogP contribution in [-0.4, -0.2) is 78.3 Å². The number of piperazine rings is 1. The van der Waals surface area contributed by atoms with E-state index in [0.717, 1.165) is 38.6 Å². The van der Waals surface area contributed by atoms with Crippen LogP contribution in [0.3, 0.4) is 0 Å². The van der Waals surface area contributed by atoms with Crippen LogP contribution in [0.5, 0.6) is 0 Å². The van der Waals surface area contributed by atoms with Crippen molar-refractivity contribution in [3.05, 3.63) is 35.4 Å². The lowest BCUT2D eigenvalue weighted by atomic mass is 10.0. The zero-order valence-electron chi connectivity index (χ0n) is 15.2. The first-order valence-electron chi connectivity index (χ1n) is 9.66. The number of β-amino-alcohol motifs (C(OH)–C–C–N with tert-alkyl or cyclic N) is 1. The summed E-state index contributed by atoms with van der Waals surface area (Å²) in [5.41, 5.74) is 2.88. The monoisotopic (exact) mass is 331 g/mol. The van der Waals surface area contributed by atoms with Crippen LogP contribution in [0.15, 0.2) is 24.3 Å². The van der Waals surface area contributed by atoms with Gasteiger partial charge in [-0.3, -0.25) is 14.7 Å². The number of hydrogen-bond donors (Lipinski definition) is 1. The van der Waals surface area contributed by atoms with E-state index in [1.807, 2.05) is 0 Å². The fourth-order valence-corrected chi connectivity index (χ4v) is 4.07. The second-order valence-corrected chi connectivity index (χ2v) is 7.28. The SMILES string of the molecule is CCc1ccc(CN2CCC(N3CCN(CCO)CC3)CC2)cc1. The highest BCUT2D eigenvalue weighted by molar-refractivity contribution is 5.22. The molecule has 2 saturated heterocycles. The van der Waals surface area contributed by atoms with E-state index in [9.17, 15) is 0 Å². The normalized spacial score (nSPS) is 22.1. The Hall–Kier alpha value is -0.940. The van der Waals surface area contributed by atoms with Gasteiger partial charge in [-0.25, -0.2) is 0 Å². The first-order valence-corrected chi connectivity index (χ1v) is 9.66. The molecule has 2 aliphatic rings. The smallest absolute Gasteiger partial charge is 0.0558 e. The molecule has 0 amide bonds. The maximum atomic E-state index is 9.05. The summed E-state index contributed by atoms with van der Waals surface area (Å²) in [6.45, 7) is 11.4. The van der Waals surface area contributed by atoms with Gasteiger partial charge < -0.3 is 5.11 Å². The van der Waals surface area contributed by atoms with Gasteiger partial charge in [0.15, 0.2) is 0 Å². The number of hydrogen-bond acceptors (Lipinski definition) is 4. The Morgan fingerprint density at radius 2 is 1.50 bits per heavy atom. The summed E-state index contributed by atoms with van der Waals surface area (Å²) in [5.74, 6) is 0. The van der Waals surface area contributed by atoms with Gasteiger partial charge in [-0.2, -0.15) is 0 Å². The molecule has 0 bridgehead atoms. The summed E-state index contributed by atoms with van der Waals surface area (Å²) in [6, 6.07) is 9.90. The van der Waals surface area contributed by atoms with Gasteiger partial charge in [0.25, 0.3) is 0 Å². The van der Waals surface area contributed by atoms with Gasteiger partial charge in [-0.1, -0.05) is 31.2 Å². The molecule has 4 nitrogen and oxygen atoms in total. The molecule has 134 valence electrons. The zero-order valence-corrected chi connectivity index (χ0v) is 15.2. The van der Waals surface area contributed by atoms with Gasteiger partial charge in [0.2, 0.25) is 0 Å². The van der Waals surface area contributed by atoms with Crippen molar-refractivity contribution in [3.63, 3.8) is 0 Å². The Morgan fingerprint density at radius 1 is 0.875 bits per heavy atom. The molecular formula is C20H33N3O. The van der Waals surface area contributed by atoms with E-state index in [-0.39, 0.29) is 6.61 Å². The highest BCUT2D eigenvalue weighted by Gasteiger charge is 2.27. The lowest BCUT2D eigenvalue weighted by Crippen LogP contribution is -2.53. The summed E-state index contributed by atoms with van der Waals surface area (Å²) in [6.07, 6.45) is 3.72. The predicted octanol–water partition coefficient (Wildman–Crippen LogP) is 1.82. The molecule has 0 aliphatic carbocycles. The van der Waals surface area contributed by atoms with Gasteiger partial charge in [-0.05, 0) is 43.5 Å². The maximum Gasteiger partial charge on any atom is 0.0558 e. The van der Waals surface area contributed by atoms with Gasteiger partial charge in [0, 0.05) is 45.3 Å². The van der Waals surface area contributed by atoms with E-state index in [2.05, 4.69) is 45.9 Å². The molecule has 1 aromatic rings. The molecule has 0 unspecified atom stereocenters. The van der Waals surface area contributed by atoms with Gasteiger partial charge in [-0.15, -0.1) is 0 Å². The standard InChI is InChI=1S/C20H33N3O/c1-2-18-3-5-19(6-4-18)17-22-9-7-20(8-10-22)23-13-11-21(12-14-23)15-16-24/h3-6,20,24H,2,7-17H2,1H3. The van der Waals surface area contributed by atoms with Crippen molar-refractivity contribution in [1.29, 1.82) is 0 Å². The minimum Gasteiger partial charge on any atom is -0.395 e. The third-order valence-corrected chi connectivity index (χ3v) is 5.73. The molecule has 0 saturated carbocycles. The van der Waals surface area contributed by atoms with E-state index in [1.54, 1.807) is 0 Å². The zero-order chi connectivity index (χ0) is 16.8. The number of aliphatic hydroxyl groups is 1. The molecule has 24 heavy (non-hydrogen) atoms. The van der Waals surface area contributed by atoms with Crippen molar-refractivity contribution in [3.8, 4) is 0 Å². The van der Waals surface area contributed by atoms with Crippen LogP contribution >= 0.6 is 0 Å². The number of likely N-dealkylation sites (tertiary alicyclic amines) is 1. The summed E-state index contributed by atoms with van der Waals surface area (Å²) >= 11 is 0. The number of nitrogens with zero attached hydrogens (tertiary/aromatic N) is 3. The Morgan fingerprint density at radius 3 is 2.08 bits per heavy atom. The van der Waals surface area contributed by atoms with Gasteiger partial charge in [0.05, 0.1) is 6.61 Å². The van der Waals surface area contributed by atoms with Crippen molar-refractivity contribution < 1.29 is 5.11 Å². The third-order valence-electron chi connectivity index (χ3n) is 5.73. The van der Waals surface area contributed by atoms with Crippen LogP contribution in [0, 0.1) is 0 Å². The summed E-state index contributed by atoms with van der Waals surface area (Å²) in [7, 11) is 0.